The van der Waals surface area contributed by atoms with Gasteiger partial charge >= 0.3 is 0 Å². The Kier molecular flexibility index (Phi) is 5.38. The SMILES string of the molecule is Cc1ccc(-c2csc3ncnc(SCC(=O)c4ccc(Br)cc4)c23)cc1. The number of aromatic nitrogens is 2. The third-order valence-corrected chi connectivity index (χ3v) is 6.61. The highest BCUT2D eigenvalue weighted by molar-refractivity contribution is 9.10. The van der Waals surface area contributed by atoms with Crippen molar-refractivity contribution in [3.63, 3.8) is 0 Å². The van der Waals surface area contributed by atoms with E-state index in [0.29, 0.717) is 11.3 Å². The molecule has 2 heterocycles. The molecule has 2 aromatic heterocycles. The van der Waals surface area contributed by atoms with Crippen LogP contribution in [0.3, 0.4) is 0 Å². The van der Waals surface area contributed by atoms with E-state index in [2.05, 4.69) is 62.5 Å². The summed E-state index contributed by atoms with van der Waals surface area (Å²) in [4.78, 5) is 22.3. The van der Waals surface area contributed by atoms with Gasteiger partial charge in [0, 0.05) is 21.0 Å². The van der Waals surface area contributed by atoms with E-state index in [1.54, 1.807) is 17.7 Å². The lowest BCUT2D eigenvalue weighted by molar-refractivity contribution is 0.102. The predicted molar refractivity (Wildman–Crippen MR) is 117 cm³/mol. The molecule has 0 saturated carbocycles. The van der Waals surface area contributed by atoms with Crippen molar-refractivity contribution >= 4 is 55.0 Å². The number of carbonyl (C=O) groups is 1. The van der Waals surface area contributed by atoms with Crippen molar-refractivity contribution in [3.8, 4) is 11.1 Å². The molecule has 0 bridgehead atoms. The summed E-state index contributed by atoms with van der Waals surface area (Å²) in [6, 6.07) is 15.9. The quantitative estimate of drug-likeness (QED) is 0.198. The summed E-state index contributed by atoms with van der Waals surface area (Å²) in [6.07, 6.45) is 1.57. The predicted octanol–water partition coefficient (Wildman–Crippen LogP) is 6.40. The Balaban J connectivity index is 1.64. The molecule has 0 radical (unpaired) electrons. The molecule has 134 valence electrons. The first-order valence-electron chi connectivity index (χ1n) is 8.32. The second-order valence-corrected chi connectivity index (χ2v) is 8.83. The average Bonchev–Trinajstić information content (AvgIpc) is 3.12. The van der Waals surface area contributed by atoms with Crippen LogP contribution in [0.25, 0.3) is 21.3 Å². The fourth-order valence-corrected chi connectivity index (χ4v) is 4.91. The maximum Gasteiger partial charge on any atom is 0.173 e. The van der Waals surface area contributed by atoms with Crippen molar-refractivity contribution in [2.75, 3.05) is 5.75 Å². The molecule has 0 amide bonds. The van der Waals surface area contributed by atoms with Crippen molar-refractivity contribution in [2.45, 2.75) is 11.9 Å². The van der Waals surface area contributed by atoms with Crippen LogP contribution in [0.5, 0.6) is 0 Å². The smallest absolute Gasteiger partial charge is 0.173 e. The second kappa shape index (κ2) is 7.92. The van der Waals surface area contributed by atoms with Gasteiger partial charge in [0.2, 0.25) is 0 Å². The fraction of sp³-hybridized carbons (Fsp3) is 0.0952. The molecule has 0 aliphatic heterocycles. The number of thioether (sulfide) groups is 1. The standard InChI is InChI=1S/C21H15BrN2OS2/c1-13-2-4-14(5-3-13)17-10-26-20-19(17)21(24-12-23-20)27-11-18(25)15-6-8-16(22)9-7-15/h2-10,12H,11H2,1H3. The highest BCUT2D eigenvalue weighted by Gasteiger charge is 2.15. The number of carbonyl (C=O) groups excluding carboxylic acids is 1. The minimum atomic E-state index is 0.0892. The number of benzene rings is 2. The molecule has 0 aliphatic carbocycles. The first-order valence-corrected chi connectivity index (χ1v) is 11.0. The topological polar surface area (TPSA) is 42.9 Å². The molecule has 0 atom stereocenters. The van der Waals surface area contributed by atoms with E-state index in [0.717, 1.165) is 30.8 Å². The zero-order valence-electron chi connectivity index (χ0n) is 14.5. The Morgan fingerprint density at radius 3 is 2.56 bits per heavy atom. The molecule has 0 spiro atoms. The summed E-state index contributed by atoms with van der Waals surface area (Å²) in [5.41, 5.74) is 4.20. The zero-order valence-corrected chi connectivity index (χ0v) is 17.7. The van der Waals surface area contributed by atoms with Crippen LogP contribution in [0.2, 0.25) is 0 Å². The van der Waals surface area contributed by atoms with Gasteiger partial charge in [-0.05, 0) is 24.6 Å². The van der Waals surface area contributed by atoms with Crippen LogP contribution >= 0.6 is 39.0 Å². The van der Waals surface area contributed by atoms with Crippen LogP contribution in [0.1, 0.15) is 15.9 Å². The summed E-state index contributed by atoms with van der Waals surface area (Å²) >= 11 is 6.47. The van der Waals surface area contributed by atoms with Gasteiger partial charge < -0.3 is 0 Å². The van der Waals surface area contributed by atoms with Gasteiger partial charge in [-0.1, -0.05) is 69.7 Å². The lowest BCUT2D eigenvalue weighted by Crippen LogP contribution is -2.02. The Morgan fingerprint density at radius 2 is 1.81 bits per heavy atom. The van der Waals surface area contributed by atoms with E-state index >= 15 is 0 Å². The molecule has 0 fully saturated rings. The molecule has 27 heavy (non-hydrogen) atoms. The maximum atomic E-state index is 12.5. The lowest BCUT2D eigenvalue weighted by Gasteiger charge is -2.06. The van der Waals surface area contributed by atoms with Crippen molar-refractivity contribution in [3.05, 3.63) is 75.8 Å². The van der Waals surface area contributed by atoms with Gasteiger partial charge in [0.25, 0.3) is 0 Å². The Labute approximate surface area is 174 Å². The molecule has 2 aromatic carbocycles. The van der Waals surface area contributed by atoms with Crippen molar-refractivity contribution in [2.24, 2.45) is 0 Å². The van der Waals surface area contributed by atoms with E-state index in [4.69, 9.17) is 0 Å². The van der Waals surface area contributed by atoms with Gasteiger partial charge in [-0.2, -0.15) is 0 Å². The molecule has 0 N–H and O–H groups in total. The van der Waals surface area contributed by atoms with Crippen molar-refractivity contribution in [1.82, 2.24) is 9.97 Å². The number of hydrogen-bond acceptors (Lipinski definition) is 5. The van der Waals surface area contributed by atoms with Crippen LogP contribution < -0.4 is 0 Å². The van der Waals surface area contributed by atoms with Gasteiger partial charge in [-0.25, -0.2) is 9.97 Å². The Hall–Kier alpha value is -2.02. The molecule has 3 nitrogen and oxygen atoms in total. The van der Waals surface area contributed by atoms with Gasteiger partial charge in [0.05, 0.1) is 11.1 Å². The van der Waals surface area contributed by atoms with E-state index in [1.165, 1.54) is 17.3 Å². The fourth-order valence-electron chi connectivity index (χ4n) is 2.76. The summed E-state index contributed by atoms with van der Waals surface area (Å²) in [7, 11) is 0. The summed E-state index contributed by atoms with van der Waals surface area (Å²) in [5.74, 6) is 0.433. The first-order chi connectivity index (χ1) is 13.1. The normalized spacial score (nSPS) is 11.0. The van der Waals surface area contributed by atoms with E-state index < -0.39 is 0 Å². The van der Waals surface area contributed by atoms with Gasteiger partial charge in [-0.15, -0.1) is 11.3 Å². The van der Waals surface area contributed by atoms with Crippen molar-refractivity contribution in [1.29, 1.82) is 0 Å². The first kappa shape index (κ1) is 18.3. The molecule has 0 saturated heterocycles. The molecule has 0 unspecified atom stereocenters. The number of hydrogen-bond donors (Lipinski definition) is 0. The Bertz CT molecular complexity index is 1110. The maximum absolute atomic E-state index is 12.5. The number of rotatable bonds is 5. The van der Waals surface area contributed by atoms with E-state index in [-0.39, 0.29) is 5.78 Å². The van der Waals surface area contributed by atoms with Gasteiger partial charge in [0.1, 0.15) is 16.2 Å². The summed E-state index contributed by atoms with van der Waals surface area (Å²) in [6.45, 7) is 2.08. The largest absolute Gasteiger partial charge is 0.293 e. The molecular weight excluding hydrogens is 440 g/mol. The molecule has 4 aromatic rings. The Morgan fingerprint density at radius 1 is 1.07 bits per heavy atom. The third kappa shape index (κ3) is 3.98. The van der Waals surface area contributed by atoms with Crippen LogP contribution in [-0.4, -0.2) is 21.5 Å². The number of ketones is 1. The average molecular weight is 455 g/mol. The number of Topliss-reactive ketones (excluding diaryl/α,β-unsaturated/α-hetero) is 1. The summed E-state index contributed by atoms with van der Waals surface area (Å²) < 4.78 is 0.963. The van der Waals surface area contributed by atoms with Crippen LogP contribution in [0.4, 0.5) is 0 Å². The minimum absolute atomic E-state index is 0.0892. The van der Waals surface area contributed by atoms with E-state index in [1.807, 2.05) is 24.3 Å². The number of aryl methyl sites for hydroxylation is 1. The molecule has 4 rings (SSSR count). The highest BCUT2D eigenvalue weighted by atomic mass is 79.9. The van der Waals surface area contributed by atoms with Gasteiger partial charge in [-0.3, -0.25) is 4.79 Å². The molecule has 0 aliphatic rings. The van der Waals surface area contributed by atoms with Crippen LogP contribution in [-0.2, 0) is 0 Å². The lowest BCUT2D eigenvalue weighted by atomic mass is 10.1. The number of thiophene rings is 1. The summed E-state index contributed by atoms with van der Waals surface area (Å²) in [5, 5.41) is 3.99. The minimum Gasteiger partial charge on any atom is -0.293 e. The number of halogens is 1. The number of nitrogens with zero attached hydrogens (tertiary/aromatic N) is 2. The molecule has 6 heteroatoms. The zero-order chi connectivity index (χ0) is 18.8. The van der Waals surface area contributed by atoms with E-state index in [9.17, 15) is 4.79 Å². The monoisotopic (exact) mass is 454 g/mol. The highest BCUT2D eigenvalue weighted by Crippen LogP contribution is 2.38. The van der Waals surface area contributed by atoms with Gasteiger partial charge in [0.15, 0.2) is 5.78 Å². The van der Waals surface area contributed by atoms with Crippen molar-refractivity contribution < 1.29 is 4.79 Å². The number of fused-ring (bicyclic) bond motifs is 1. The second-order valence-electron chi connectivity index (χ2n) is 6.09. The molecular formula is C21H15BrN2OS2. The van der Waals surface area contributed by atoms with Crippen LogP contribution in [0.15, 0.2) is 69.7 Å². The third-order valence-electron chi connectivity index (χ3n) is 4.20. The van der Waals surface area contributed by atoms with Crippen LogP contribution in [0, 0.1) is 6.92 Å².